The first-order valence-electron chi connectivity index (χ1n) is 7.63. The third-order valence-corrected chi connectivity index (χ3v) is 3.42. The van der Waals surface area contributed by atoms with E-state index in [1.807, 2.05) is 6.92 Å². The van der Waals surface area contributed by atoms with E-state index in [1.165, 1.54) is 13.0 Å². The summed E-state index contributed by atoms with van der Waals surface area (Å²) in [5.74, 6) is -1.32. The summed E-state index contributed by atoms with van der Waals surface area (Å²) in [5.41, 5.74) is 0.861. The maximum atomic E-state index is 11.7. The summed E-state index contributed by atoms with van der Waals surface area (Å²) in [4.78, 5) is 33.8. The monoisotopic (exact) mass is 333 g/mol. The Labute approximate surface area is 138 Å². The Hall–Kier alpha value is -2.83. The van der Waals surface area contributed by atoms with Gasteiger partial charge in [0.2, 0.25) is 0 Å². The molecular formula is C17H19NO6. The maximum absolute atomic E-state index is 11.7. The van der Waals surface area contributed by atoms with Crippen LogP contribution in [0.5, 0.6) is 5.75 Å². The number of fused-ring (bicyclic) bond motifs is 1. The van der Waals surface area contributed by atoms with Gasteiger partial charge in [0.05, 0.1) is 0 Å². The van der Waals surface area contributed by atoms with E-state index in [1.54, 1.807) is 18.2 Å². The van der Waals surface area contributed by atoms with Gasteiger partial charge in [-0.1, -0.05) is 13.3 Å². The third kappa shape index (κ3) is 4.34. The summed E-state index contributed by atoms with van der Waals surface area (Å²) in [6.07, 6.45) is 0.779. The summed E-state index contributed by atoms with van der Waals surface area (Å²) < 4.78 is 10.7. The van der Waals surface area contributed by atoms with Gasteiger partial charge >= 0.3 is 11.6 Å². The van der Waals surface area contributed by atoms with Gasteiger partial charge < -0.3 is 19.6 Å². The van der Waals surface area contributed by atoms with Crippen LogP contribution < -0.4 is 15.7 Å². The van der Waals surface area contributed by atoms with Gasteiger partial charge in [-0.25, -0.2) is 4.79 Å². The van der Waals surface area contributed by atoms with E-state index in [0.29, 0.717) is 11.3 Å². The topological polar surface area (TPSA) is 106 Å². The van der Waals surface area contributed by atoms with E-state index < -0.39 is 30.2 Å². The van der Waals surface area contributed by atoms with E-state index in [9.17, 15) is 14.4 Å². The normalized spacial score (nSPS) is 11.9. The standard InChI is InChI=1S/C17H19NO6/c1-3-4-11-7-16(21)24-14-8-12(5-6-13(11)14)23-10(2)17(22)18-9-15(19)20/h5-8,10H,3-4,9H2,1-2H3,(H,18,22)(H,19,20). The molecule has 0 bridgehead atoms. The Morgan fingerprint density at radius 3 is 2.75 bits per heavy atom. The Morgan fingerprint density at radius 2 is 2.08 bits per heavy atom. The summed E-state index contributed by atoms with van der Waals surface area (Å²) in [6, 6.07) is 6.49. The number of nitrogens with one attached hydrogen (secondary N) is 1. The smallest absolute Gasteiger partial charge is 0.336 e. The minimum absolute atomic E-state index is 0.359. The Balaban J connectivity index is 2.20. The van der Waals surface area contributed by atoms with Crippen molar-refractivity contribution in [3.8, 4) is 5.75 Å². The lowest BCUT2D eigenvalue weighted by molar-refractivity contribution is -0.139. The van der Waals surface area contributed by atoms with Gasteiger partial charge in [-0.3, -0.25) is 9.59 Å². The predicted octanol–water partition coefficient (Wildman–Crippen LogP) is 1.71. The molecule has 1 atom stereocenters. The number of rotatable bonds is 7. The van der Waals surface area contributed by atoms with Gasteiger partial charge in [0.1, 0.15) is 17.9 Å². The van der Waals surface area contributed by atoms with Gasteiger partial charge in [-0.05, 0) is 31.0 Å². The maximum Gasteiger partial charge on any atom is 0.336 e. The second-order valence-corrected chi connectivity index (χ2v) is 5.37. The average Bonchev–Trinajstić information content (AvgIpc) is 2.52. The molecule has 128 valence electrons. The van der Waals surface area contributed by atoms with E-state index in [2.05, 4.69) is 5.32 Å². The number of carboxylic acids is 1. The van der Waals surface area contributed by atoms with Gasteiger partial charge in [0.15, 0.2) is 6.10 Å². The zero-order chi connectivity index (χ0) is 17.7. The lowest BCUT2D eigenvalue weighted by Crippen LogP contribution is -2.39. The first-order chi connectivity index (χ1) is 11.4. The van der Waals surface area contributed by atoms with E-state index >= 15 is 0 Å². The van der Waals surface area contributed by atoms with E-state index in [0.717, 1.165) is 23.8 Å². The van der Waals surface area contributed by atoms with Crippen molar-refractivity contribution in [1.29, 1.82) is 0 Å². The molecule has 7 heteroatoms. The van der Waals surface area contributed by atoms with Crippen LogP contribution in [0.3, 0.4) is 0 Å². The molecule has 2 rings (SSSR count). The molecule has 1 amide bonds. The molecule has 0 saturated heterocycles. The fourth-order valence-electron chi connectivity index (χ4n) is 2.32. The summed E-state index contributed by atoms with van der Waals surface area (Å²) in [7, 11) is 0. The van der Waals surface area contributed by atoms with Crippen LogP contribution >= 0.6 is 0 Å². The number of carbonyl (C=O) groups excluding carboxylic acids is 1. The molecule has 1 aromatic heterocycles. The number of ether oxygens (including phenoxy) is 1. The van der Waals surface area contributed by atoms with Crippen LogP contribution in [0.4, 0.5) is 0 Å². The zero-order valence-corrected chi connectivity index (χ0v) is 13.5. The van der Waals surface area contributed by atoms with Crippen LogP contribution in [-0.4, -0.2) is 29.6 Å². The molecule has 0 aliphatic carbocycles. The lowest BCUT2D eigenvalue weighted by atomic mass is 10.1. The van der Waals surface area contributed by atoms with Crippen molar-refractivity contribution in [3.63, 3.8) is 0 Å². The molecule has 0 aliphatic rings. The van der Waals surface area contributed by atoms with Crippen molar-refractivity contribution in [1.82, 2.24) is 5.32 Å². The number of hydrogen-bond donors (Lipinski definition) is 2. The minimum Gasteiger partial charge on any atom is -0.481 e. The SMILES string of the molecule is CCCc1cc(=O)oc2cc(OC(C)C(=O)NCC(=O)O)ccc12. The van der Waals surface area contributed by atoms with Crippen molar-refractivity contribution in [3.05, 3.63) is 40.2 Å². The number of carboxylic acid groups (broad SMARTS) is 1. The molecule has 0 saturated carbocycles. The number of benzene rings is 1. The Bertz CT molecular complexity index is 810. The Morgan fingerprint density at radius 1 is 1.33 bits per heavy atom. The molecule has 24 heavy (non-hydrogen) atoms. The van der Waals surface area contributed by atoms with Gasteiger partial charge in [0.25, 0.3) is 5.91 Å². The number of hydrogen-bond acceptors (Lipinski definition) is 5. The van der Waals surface area contributed by atoms with Crippen LogP contribution in [0.25, 0.3) is 11.0 Å². The number of aryl methyl sites for hydroxylation is 1. The molecule has 1 heterocycles. The van der Waals surface area contributed by atoms with Crippen LogP contribution in [0, 0.1) is 0 Å². The molecule has 2 aromatic rings. The highest BCUT2D eigenvalue weighted by Gasteiger charge is 2.16. The molecule has 1 aromatic carbocycles. The van der Waals surface area contributed by atoms with Crippen molar-refractivity contribution < 1.29 is 23.8 Å². The summed E-state index contributed by atoms with van der Waals surface area (Å²) >= 11 is 0. The van der Waals surface area contributed by atoms with E-state index in [4.69, 9.17) is 14.3 Å². The van der Waals surface area contributed by atoms with Gasteiger partial charge in [-0.15, -0.1) is 0 Å². The van der Waals surface area contributed by atoms with Gasteiger partial charge in [-0.2, -0.15) is 0 Å². The number of aliphatic carboxylic acids is 1. The molecule has 7 nitrogen and oxygen atoms in total. The highest BCUT2D eigenvalue weighted by atomic mass is 16.5. The number of amides is 1. The number of carbonyl (C=O) groups is 2. The first kappa shape index (κ1) is 17.5. The summed E-state index contributed by atoms with van der Waals surface area (Å²) in [6.45, 7) is 3.06. The van der Waals surface area contributed by atoms with Crippen molar-refractivity contribution >= 4 is 22.8 Å². The van der Waals surface area contributed by atoms with Gasteiger partial charge in [0, 0.05) is 17.5 Å². The van der Waals surface area contributed by atoms with Crippen LogP contribution in [-0.2, 0) is 16.0 Å². The molecule has 2 N–H and O–H groups in total. The molecule has 0 aliphatic heterocycles. The Kier molecular flexibility index (Phi) is 5.57. The highest BCUT2D eigenvalue weighted by molar-refractivity contribution is 5.85. The molecule has 0 spiro atoms. The minimum atomic E-state index is -1.13. The van der Waals surface area contributed by atoms with E-state index in [-0.39, 0.29) is 0 Å². The molecule has 0 radical (unpaired) electrons. The van der Waals surface area contributed by atoms with Crippen molar-refractivity contribution in [2.45, 2.75) is 32.8 Å². The fourth-order valence-corrected chi connectivity index (χ4v) is 2.32. The average molecular weight is 333 g/mol. The molecule has 0 fully saturated rings. The third-order valence-electron chi connectivity index (χ3n) is 3.42. The van der Waals surface area contributed by atoms with Crippen LogP contribution in [0.1, 0.15) is 25.8 Å². The van der Waals surface area contributed by atoms with Crippen molar-refractivity contribution in [2.75, 3.05) is 6.54 Å². The largest absolute Gasteiger partial charge is 0.481 e. The van der Waals surface area contributed by atoms with Crippen LogP contribution in [0.2, 0.25) is 0 Å². The fraction of sp³-hybridized carbons (Fsp3) is 0.353. The predicted molar refractivity (Wildman–Crippen MR) is 87.2 cm³/mol. The summed E-state index contributed by atoms with van der Waals surface area (Å²) in [5, 5.41) is 11.6. The first-order valence-corrected chi connectivity index (χ1v) is 7.63. The highest BCUT2D eigenvalue weighted by Crippen LogP contribution is 2.24. The molecular weight excluding hydrogens is 314 g/mol. The van der Waals surface area contributed by atoms with Crippen LogP contribution in [0.15, 0.2) is 33.5 Å². The lowest BCUT2D eigenvalue weighted by Gasteiger charge is -2.14. The second-order valence-electron chi connectivity index (χ2n) is 5.37. The second kappa shape index (κ2) is 7.63. The zero-order valence-electron chi connectivity index (χ0n) is 13.5. The van der Waals surface area contributed by atoms with Crippen molar-refractivity contribution in [2.24, 2.45) is 0 Å². The quantitative estimate of drug-likeness (QED) is 0.747. The molecule has 1 unspecified atom stereocenters.